The minimum absolute atomic E-state index is 0.0698. The average molecular weight is 134 g/mol. The van der Waals surface area contributed by atoms with Crippen molar-refractivity contribution in [3.8, 4) is 0 Å². The van der Waals surface area contributed by atoms with Crippen LogP contribution >= 0.6 is 0 Å². The second-order valence-electron chi connectivity index (χ2n) is 3.41. The van der Waals surface area contributed by atoms with Crippen LogP contribution in [0.5, 0.6) is 0 Å². The van der Waals surface area contributed by atoms with E-state index in [1.165, 1.54) is 6.92 Å². The van der Waals surface area contributed by atoms with Crippen LogP contribution in [-0.4, -0.2) is 13.0 Å². The van der Waals surface area contributed by atoms with Gasteiger partial charge < -0.3 is 4.74 Å². The summed E-state index contributed by atoms with van der Waals surface area (Å²) in [4.78, 5) is 0. The smallest absolute Gasteiger partial charge is 0.195 e. The molecule has 0 aromatic carbocycles. The van der Waals surface area contributed by atoms with Gasteiger partial charge in [-0.05, 0) is 12.3 Å². The van der Waals surface area contributed by atoms with E-state index in [2.05, 4.69) is 0 Å². The van der Waals surface area contributed by atoms with Gasteiger partial charge in [-0.3, -0.25) is 0 Å². The maximum atomic E-state index is 12.0. The first kappa shape index (κ1) is 8.89. The van der Waals surface area contributed by atoms with Crippen LogP contribution in [0.25, 0.3) is 0 Å². The molecule has 0 aliphatic heterocycles. The van der Waals surface area contributed by atoms with Gasteiger partial charge in [0.15, 0.2) is 6.36 Å². The zero-order valence-corrected chi connectivity index (χ0v) is 6.57. The van der Waals surface area contributed by atoms with Crippen LogP contribution in [-0.2, 0) is 4.74 Å². The van der Waals surface area contributed by atoms with Crippen LogP contribution in [0.2, 0.25) is 0 Å². The summed E-state index contributed by atoms with van der Waals surface area (Å²) in [5.41, 5.74) is 0.0698. The van der Waals surface area contributed by atoms with E-state index in [0.717, 1.165) is 0 Å². The summed E-state index contributed by atoms with van der Waals surface area (Å²) in [5.74, 6) is 0. The Morgan fingerprint density at radius 1 is 1.44 bits per heavy atom. The second kappa shape index (κ2) is 3.16. The molecule has 1 unspecified atom stereocenters. The lowest BCUT2D eigenvalue weighted by Crippen LogP contribution is -2.17. The van der Waals surface area contributed by atoms with Crippen molar-refractivity contribution >= 4 is 0 Å². The van der Waals surface area contributed by atoms with Crippen molar-refractivity contribution in [2.24, 2.45) is 5.41 Å². The van der Waals surface area contributed by atoms with Crippen molar-refractivity contribution in [1.29, 1.82) is 0 Å². The molecule has 0 aromatic heterocycles. The van der Waals surface area contributed by atoms with Crippen molar-refractivity contribution in [3.63, 3.8) is 0 Å². The second-order valence-corrected chi connectivity index (χ2v) is 3.41. The van der Waals surface area contributed by atoms with Gasteiger partial charge in [0.2, 0.25) is 0 Å². The van der Waals surface area contributed by atoms with E-state index < -0.39 is 6.36 Å². The molecule has 0 aliphatic rings. The Labute approximate surface area is 56.2 Å². The summed E-state index contributed by atoms with van der Waals surface area (Å²) < 4.78 is 16.7. The molecule has 0 aromatic rings. The van der Waals surface area contributed by atoms with E-state index in [0.29, 0.717) is 6.61 Å². The molecule has 0 aliphatic carbocycles. The van der Waals surface area contributed by atoms with Crippen LogP contribution in [0.4, 0.5) is 4.39 Å². The first-order valence-electron chi connectivity index (χ1n) is 3.17. The maximum absolute atomic E-state index is 12.0. The van der Waals surface area contributed by atoms with Crippen LogP contribution in [0.3, 0.4) is 0 Å². The molecule has 0 bridgehead atoms. The van der Waals surface area contributed by atoms with Crippen molar-refractivity contribution in [2.45, 2.75) is 34.1 Å². The molecule has 0 N–H and O–H groups in total. The number of halogens is 1. The Morgan fingerprint density at radius 3 is 2.00 bits per heavy atom. The summed E-state index contributed by atoms with van der Waals surface area (Å²) >= 11 is 0. The Morgan fingerprint density at radius 2 is 1.89 bits per heavy atom. The molecule has 0 radical (unpaired) electrons. The number of alkyl halides is 1. The monoisotopic (exact) mass is 134 g/mol. The van der Waals surface area contributed by atoms with Gasteiger partial charge in [-0.25, -0.2) is 4.39 Å². The Hall–Kier alpha value is -0.110. The van der Waals surface area contributed by atoms with Gasteiger partial charge in [0.25, 0.3) is 0 Å². The highest BCUT2D eigenvalue weighted by Gasteiger charge is 2.11. The minimum atomic E-state index is -1.13. The molecule has 0 spiro atoms. The molecule has 0 rings (SSSR count). The van der Waals surface area contributed by atoms with Gasteiger partial charge in [-0.1, -0.05) is 20.8 Å². The predicted molar refractivity (Wildman–Crippen MR) is 36.0 cm³/mol. The van der Waals surface area contributed by atoms with Gasteiger partial charge in [0.1, 0.15) is 0 Å². The highest BCUT2D eigenvalue weighted by Crippen LogP contribution is 2.13. The fourth-order valence-electron chi connectivity index (χ4n) is 0.365. The summed E-state index contributed by atoms with van der Waals surface area (Å²) in [6.07, 6.45) is -1.13. The zero-order valence-electron chi connectivity index (χ0n) is 6.57. The van der Waals surface area contributed by atoms with Crippen molar-refractivity contribution in [2.75, 3.05) is 6.61 Å². The summed E-state index contributed by atoms with van der Waals surface area (Å²) in [7, 11) is 0. The molecule has 0 fully saturated rings. The highest BCUT2D eigenvalue weighted by atomic mass is 19.1. The Bertz CT molecular complexity index is 73.5. The normalized spacial score (nSPS) is 15.7. The van der Waals surface area contributed by atoms with E-state index in [1.807, 2.05) is 20.8 Å². The van der Waals surface area contributed by atoms with Crippen LogP contribution in [0.15, 0.2) is 0 Å². The van der Waals surface area contributed by atoms with Gasteiger partial charge in [0, 0.05) is 0 Å². The number of rotatable bonds is 2. The molecular weight excluding hydrogens is 119 g/mol. The van der Waals surface area contributed by atoms with E-state index in [1.54, 1.807) is 0 Å². The van der Waals surface area contributed by atoms with Gasteiger partial charge in [0.05, 0.1) is 6.61 Å². The summed E-state index contributed by atoms with van der Waals surface area (Å²) in [6, 6.07) is 0. The quantitative estimate of drug-likeness (QED) is 0.563. The lowest BCUT2D eigenvalue weighted by Gasteiger charge is -2.18. The molecule has 0 amide bonds. The van der Waals surface area contributed by atoms with E-state index in [-0.39, 0.29) is 5.41 Å². The SMILES string of the molecule is CC(F)OCC(C)(C)C. The lowest BCUT2D eigenvalue weighted by molar-refractivity contribution is -0.0539. The predicted octanol–water partition coefficient (Wildman–Crippen LogP) is 2.36. The molecule has 9 heavy (non-hydrogen) atoms. The van der Waals surface area contributed by atoms with Crippen molar-refractivity contribution in [1.82, 2.24) is 0 Å². The fourth-order valence-corrected chi connectivity index (χ4v) is 0.365. The first-order chi connectivity index (χ1) is 3.92. The van der Waals surface area contributed by atoms with Crippen LogP contribution in [0.1, 0.15) is 27.7 Å². The average Bonchev–Trinajstić information content (AvgIpc) is 1.59. The Balaban J connectivity index is 3.28. The molecule has 1 nitrogen and oxygen atoms in total. The topological polar surface area (TPSA) is 9.23 Å². The first-order valence-corrected chi connectivity index (χ1v) is 3.17. The lowest BCUT2D eigenvalue weighted by atomic mass is 9.99. The van der Waals surface area contributed by atoms with E-state index in [9.17, 15) is 4.39 Å². The molecule has 0 heterocycles. The Kier molecular flexibility index (Phi) is 3.12. The minimum Gasteiger partial charge on any atom is -0.348 e. The largest absolute Gasteiger partial charge is 0.348 e. The van der Waals surface area contributed by atoms with E-state index in [4.69, 9.17) is 4.74 Å². The van der Waals surface area contributed by atoms with Gasteiger partial charge in [-0.15, -0.1) is 0 Å². The highest BCUT2D eigenvalue weighted by molar-refractivity contribution is 4.58. The zero-order chi connectivity index (χ0) is 7.49. The van der Waals surface area contributed by atoms with Crippen LogP contribution in [0, 0.1) is 5.41 Å². The third-order valence-corrected chi connectivity index (χ3v) is 0.746. The molecule has 56 valence electrons. The molecular formula is C7H15FO. The van der Waals surface area contributed by atoms with Gasteiger partial charge in [-0.2, -0.15) is 0 Å². The van der Waals surface area contributed by atoms with E-state index >= 15 is 0 Å². The molecule has 0 saturated heterocycles. The summed E-state index contributed by atoms with van der Waals surface area (Å²) in [5, 5.41) is 0. The molecule has 2 heteroatoms. The molecule has 0 saturated carbocycles. The summed E-state index contributed by atoms with van der Waals surface area (Å²) in [6.45, 7) is 7.90. The fraction of sp³-hybridized carbons (Fsp3) is 1.00. The standard InChI is InChI=1S/C7H15FO/c1-6(8)9-5-7(2,3)4/h6H,5H2,1-4H3. The number of hydrogen-bond acceptors (Lipinski definition) is 1. The third kappa shape index (κ3) is 7.89. The number of ether oxygens (including phenoxy) is 1. The van der Waals surface area contributed by atoms with Crippen molar-refractivity contribution < 1.29 is 9.13 Å². The van der Waals surface area contributed by atoms with Gasteiger partial charge >= 0.3 is 0 Å². The number of hydrogen-bond donors (Lipinski definition) is 0. The van der Waals surface area contributed by atoms with Crippen molar-refractivity contribution in [3.05, 3.63) is 0 Å². The molecule has 1 atom stereocenters. The third-order valence-electron chi connectivity index (χ3n) is 0.746. The van der Waals surface area contributed by atoms with Crippen LogP contribution < -0.4 is 0 Å². The maximum Gasteiger partial charge on any atom is 0.195 e.